The minimum Gasteiger partial charge on any atom is -0.384 e. The van der Waals surface area contributed by atoms with Crippen LogP contribution in [-0.4, -0.2) is 31.2 Å². The van der Waals surface area contributed by atoms with Crippen molar-refractivity contribution in [3.8, 4) is 0 Å². The number of pyridine rings is 1. The molecule has 1 saturated heterocycles. The minimum atomic E-state index is 0.595. The maximum Gasteiger partial charge on any atom is 0.138 e. The van der Waals surface area contributed by atoms with Crippen LogP contribution in [0.4, 0.5) is 11.6 Å². The van der Waals surface area contributed by atoms with Gasteiger partial charge in [0.05, 0.1) is 0 Å². The molecule has 1 aliphatic rings. The van der Waals surface area contributed by atoms with Crippen LogP contribution in [0.15, 0.2) is 30.3 Å². The first-order chi connectivity index (χ1) is 8.34. The topological polar surface area (TPSA) is 54.2 Å². The van der Waals surface area contributed by atoms with Crippen LogP contribution in [0, 0.1) is 0 Å². The second kappa shape index (κ2) is 4.22. The van der Waals surface area contributed by atoms with Crippen molar-refractivity contribution < 1.29 is 0 Å². The maximum absolute atomic E-state index is 5.88. The van der Waals surface area contributed by atoms with Gasteiger partial charge in [0.2, 0.25) is 0 Å². The number of rotatable bonds is 1. The summed E-state index contributed by atoms with van der Waals surface area (Å²) in [6.07, 6.45) is 0. The second-order valence-corrected chi connectivity index (χ2v) is 4.33. The summed E-state index contributed by atoms with van der Waals surface area (Å²) in [5.41, 5.74) is 5.88. The van der Waals surface area contributed by atoms with Gasteiger partial charge in [0.1, 0.15) is 11.6 Å². The molecule has 0 atom stereocenters. The zero-order chi connectivity index (χ0) is 11.7. The quantitative estimate of drug-likeness (QED) is 0.770. The molecule has 0 radical (unpaired) electrons. The number of aromatic nitrogens is 1. The second-order valence-electron chi connectivity index (χ2n) is 4.33. The number of piperazine rings is 1. The molecule has 0 unspecified atom stereocenters. The Bertz CT molecular complexity index is 532. The normalized spacial score (nSPS) is 16.4. The Morgan fingerprint density at radius 3 is 2.76 bits per heavy atom. The Balaban J connectivity index is 2.13. The molecule has 1 aromatic heterocycles. The van der Waals surface area contributed by atoms with E-state index < -0.39 is 0 Å². The predicted octanol–water partition coefficient (Wildman–Crippen LogP) is 1.23. The van der Waals surface area contributed by atoms with E-state index in [1.807, 2.05) is 18.2 Å². The van der Waals surface area contributed by atoms with Crippen molar-refractivity contribution in [1.82, 2.24) is 10.3 Å². The SMILES string of the molecule is Nc1cc2ccccc2c(N2CCNCC2)n1. The lowest BCUT2D eigenvalue weighted by molar-refractivity contribution is 0.586. The van der Waals surface area contributed by atoms with Crippen molar-refractivity contribution in [2.24, 2.45) is 0 Å². The van der Waals surface area contributed by atoms with Crippen molar-refractivity contribution in [3.63, 3.8) is 0 Å². The Kier molecular flexibility index (Phi) is 2.57. The third kappa shape index (κ3) is 1.91. The highest BCUT2D eigenvalue weighted by Crippen LogP contribution is 2.26. The third-order valence-corrected chi connectivity index (χ3v) is 3.16. The molecule has 1 fully saturated rings. The van der Waals surface area contributed by atoms with Crippen molar-refractivity contribution in [2.75, 3.05) is 36.8 Å². The molecule has 3 rings (SSSR count). The van der Waals surface area contributed by atoms with E-state index in [4.69, 9.17) is 5.73 Å². The third-order valence-electron chi connectivity index (χ3n) is 3.16. The van der Waals surface area contributed by atoms with Gasteiger partial charge in [-0.05, 0) is 11.5 Å². The number of nitrogens with two attached hydrogens (primary N) is 1. The Morgan fingerprint density at radius 2 is 1.94 bits per heavy atom. The molecule has 0 bridgehead atoms. The zero-order valence-corrected chi connectivity index (χ0v) is 9.69. The summed E-state index contributed by atoms with van der Waals surface area (Å²) >= 11 is 0. The van der Waals surface area contributed by atoms with Gasteiger partial charge in [-0.1, -0.05) is 24.3 Å². The summed E-state index contributed by atoms with van der Waals surface area (Å²) < 4.78 is 0. The fourth-order valence-corrected chi connectivity index (χ4v) is 2.32. The summed E-state index contributed by atoms with van der Waals surface area (Å²) in [5.74, 6) is 1.61. The van der Waals surface area contributed by atoms with Gasteiger partial charge in [-0.25, -0.2) is 4.98 Å². The van der Waals surface area contributed by atoms with E-state index in [-0.39, 0.29) is 0 Å². The molecule has 0 amide bonds. The van der Waals surface area contributed by atoms with Gasteiger partial charge in [-0.3, -0.25) is 0 Å². The van der Waals surface area contributed by atoms with Crippen LogP contribution in [0.3, 0.4) is 0 Å². The molecule has 1 aliphatic heterocycles. The molecule has 0 aliphatic carbocycles. The fourth-order valence-electron chi connectivity index (χ4n) is 2.32. The summed E-state index contributed by atoms with van der Waals surface area (Å²) in [4.78, 5) is 6.80. The highest BCUT2D eigenvalue weighted by Gasteiger charge is 2.14. The number of fused-ring (bicyclic) bond motifs is 1. The summed E-state index contributed by atoms with van der Waals surface area (Å²) in [6, 6.07) is 10.2. The highest BCUT2D eigenvalue weighted by molar-refractivity contribution is 5.94. The number of nitrogens with one attached hydrogen (secondary N) is 1. The van der Waals surface area contributed by atoms with E-state index in [0.29, 0.717) is 5.82 Å². The monoisotopic (exact) mass is 228 g/mol. The molecule has 1 aromatic carbocycles. The molecule has 3 N–H and O–H groups in total. The van der Waals surface area contributed by atoms with Gasteiger partial charge in [0.15, 0.2) is 0 Å². The molecule has 4 nitrogen and oxygen atoms in total. The Morgan fingerprint density at radius 1 is 1.18 bits per heavy atom. The molecular weight excluding hydrogens is 212 g/mol. The lowest BCUT2D eigenvalue weighted by Gasteiger charge is -2.29. The molecule has 0 spiro atoms. The van der Waals surface area contributed by atoms with Crippen LogP contribution in [0.5, 0.6) is 0 Å². The van der Waals surface area contributed by atoms with Gasteiger partial charge in [-0.2, -0.15) is 0 Å². The van der Waals surface area contributed by atoms with Crippen molar-refractivity contribution in [2.45, 2.75) is 0 Å². The lowest BCUT2D eigenvalue weighted by atomic mass is 10.1. The predicted molar refractivity (Wildman–Crippen MR) is 71.2 cm³/mol. The standard InChI is InChI=1S/C13H16N4/c14-12-9-10-3-1-2-4-11(10)13(16-12)17-7-5-15-6-8-17/h1-4,9,15H,5-8H2,(H2,14,16). The summed E-state index contributed by atoms with van der Waals surface area (Å²) in [5, 5.41) is 5.69. The van der Waals surface area contributed by atoms with Gasteiger partial charge >= 0.3 is 0 Å². The number of nitrogens with zero attached hydrogens (tertiary/aromatic N) is 2. The lowest BCUT2D eigenvalue weighted by Crippen LogP contribution is -2.44. The summed E-state index contributed by atoms with van der Waals surface area (Å²) in [7, 11) is 0. The number of nitrogen functional groups attached to an aromatic ring is 1. The van der Waals surface area contributed by atoms with Crippen molar-refractivity contribution in [3.05, 3.63) is 30.3 Å². The number of benzene rings is 1. The molecule has 2 aromatic rings. The molecule has 17 heavy (non-hydrogen) atoms. The van der Waals surface area contributed by atoms with E-state index >= 15 is 0 Å². The van der Waals surface area contributed by atoms with Crippen LogP contribution < -0.4 is 16.0 Å². The zero-order valence-electron chi connectivity index (χ0n) is 9.69. The smallest absolute Gasteiger partial charge is 0.138 e. The molecule has 2 heterocycles. The number of hydrogen-bond acceptors (Lipinski definition) is 4. The minimum absolute atomic E-state index is 0.595. The van der Waals surface area contributed by atoms with E-state index in [1.165, 1.54) is 5.39 Å². The van der Waals surface area contributed by atoms with E-state index in [9.17, 15) is 0 Å². The molecular formula is C13H16N4. The van der Waals surface area contributed by atoms with Gasteiger partial charge < -0.3 is 16.0 Å². The van der Waals surface area contributed by atoms with E-state index in [1.54, 1.807) is 0 Å². The average molecular weight is 228 g/mol. The van der Waals surface area contributed by atoms with Gasteiger partial charge in [0.25, 0.3) is 0 Å². The van der Waals surface area contributed by atoms with Crippen LogP contribution in [-0.2, 0) is 0 Å². The first kappa shape index (κ1) is 10.4. The maximum atomic E-state index is 5.88. The molecule has 0 saturated carbocycles. The van der Waals surface area contributed by atoms with Gasteiger partial charge in [0, 0.05) is 31.6 Å². The first-order valence-corrected chi connectivity index (χ1v) is 5.95. The molecule has 88 valence electrons. The Labute approximate surface area is 100 Å². The fraction of sp³-hybridized carbons (Fsp3) is 0.308. The van der Waals surface area contributed by atoms with Crippen molar-refractivity contribution >= 4 is 22.4 Å². The van der Waals surface area contributed by atoms with Crippen LogP contribution in [0.2, 0.25) is 0 Å². The Hall–Kier alpha value is -1.81. The largest absolute Gasteiger partial charge is 0.384 e. The van der Waals surface area contributed by atoms with Crippen molar-refractivity contribution in [1.29, 1.82) is 0 Å². The highest BCUT2D eigenvalue weighted by atomic mass is 15.2. The first-order valence-electron chi connectivity index (χ1n) is 5.95. The van der Waals surface area contributed by atoms with Crippen LogP contribution in [0.25, 0.3) is 10.8 Å². The number of anilines is 2. The molecule has 4 heteroatoms. The van der Waals surface area contributed by atoms with E-state index in [2.05, 4.69) is 27.3 Å². The van der Waals surface area contributed by atoms with Gasteiger partial charge in [-0.15, -0.1) is 0 Å². The van der Waals surface area contributed by atoms with E-state index in [0.717, 1.165) is 37.4 Å². The van der Waals surface area contributed by atoms with Crippen LogP contribution in [0.1, 0.15) is 0 Å². The summed E-state index contributed by atoms with van der Waals surface area (Å²) in [6.45, 7) is 3.98. The van der Waals surface area contributed by atoms with Crippen LogP contribution >= 0.6 is 0 Å². The average Bonchev–Trinajstić information content (AvgIpc) is 2.39. The number of hydrogen-bond donors (Lipinski definition) is 2.